The number of pyridine rings is 1. The van der Waals surface area contributed by atoms with Crippen LogP contribution in [0.15, 0.2) is 35.4 Å². The van der Waals surface area contributed by atoms with Crippen molar-refractivity contribution in [2.24, 2.45) is 0 Å². The van der Waals surface area contributed by atoms with Gasteiger partial charge in [-0.25, -0.2) is 8.42 Å². The SMILES string of the molecule is CS(=O)(=O)c1cc(Cl)cnc1C1CCCN(C(=O)Cc2ccc3c(c2)OCO3)C1. The zero-order valence-corrected chi connectivity index (χ0v) is 17.5. The standard InChI is InChI=1S/C20H21ClN2O5S/c1-29(25,26)18-9-15(21)10-22-20(18)14-3-2-6-23(11-14)19(24)8-13-4-5-16-17(7-13)28-12-27-16/h4-5,7,9-10,14H,2-3,6,8,11-12H2,1H3. The number of sulfone groups is 1. The molecule has 2 aliphatic rings. The quantitative estimate of drug-likeness (QED) is 0.732. The average Bonchev–Trinajstić information content (AvgIpc) is 3.15. The lowest BCUT2D eigenvalue weighted by molar-refractivity contribution is -0.131. The van der Waals surface area contributed by atoms with Crippen LogP contribution in [0.2, 0.25) is 5.02 Å². The summed E-state index contributed by atoms with van der Waals surface area (Å²) in [6.45, 7) is 1.26. The number of hydrogen-bond acceptors (Lipinski definition) is 6. The van der Waals surface area contributed by atoms with Crippen LogP contribution < -0.4 is 9.47 Å². The Bertz CT molecular complexity index is 1060. The third-order valence-corrected chi connectivity index (χ3v) is 6.53. The minimum absolute atomic E-state index is 0.0107. The number of carbonyl (C=O) groups excluding carboxylic acids is 1. The lowest BCUT2D eigenvalue weighted by atomic mass is 9.93. The third kappa shape index (κ3) is 4.33. The fraction of sp³-hybridized carbons (Fsp3) is 0.400. The summed E-state index contributed by atoms with van der Waals surface area (Å²) in [5.41, 5.74) is 1.33. The van der Waals surface area contributed by atoms with Crippen LogP contribution in [0.5, 0.6) is 11.5 Å². The van der Waals surface area contributed by atoms with Gasteiger partial charge in [0.25, 0.3) is 0 Å². The van der Waals surface area contributed by atoms with Crippen LogP contribution in [0, 0.1) is 0 Å². The van der Waals surface area contributed by atoms with Crippen LogP contribution in [0.3, 0.4) is 0 Å². The van der Waals surface area contributed by atoms with Crippen molar-refractivity contribution in [1.82, 2.24) is 9.88 Å². The summed E-state index contributed by atoms with van der Waals surface area (Å²) in [6.07, 6.45) is 4.40. The molecule has 0 radical (unpaired) electrons. The maximum absolute atomic E-state index is 12.9. The second-order valence-electron chi connectivity index (χ2n) is 7.35. The normalized spacial score (nSPS) is 18.7. The molecule has 1 unspecified atom stereocenters. The highest BCUT2D eigenvalue weighted by molar-refractivity contribution is 7.90. The second-order valence-corrected chi connectivity index (χ2v) is 9.77. The number of ether oxygens (including phenoxy) is 2. The van der Waals surface area contributed by atoms with Crippen molar-refractivity contribution < 1.29 is 22.7 Å². The highest BCUT2D eigenvalue weighted by Gasteiger charge is 2.29. The summed E-state index contributed by atoms with van der Waals surface area (Å²) in [7, 11) is -3.47. The van der Waals surface area contributed by atoms with Crippen LogP contribution >= 0.6 is 11.6 Å². The van der Waals surface area contributed by atoms with E-state index in [1.165, 1.54) is 12.3 Å². The maximum atomic E-state index is 12.9. The Morgan fingerprint density at radius 1 is 1.28 bits per heavy atom. The summed E-state index contributed by atoms with van der Waals surface area (Å²) in [4.78, 5) is 19.1. The zero-order valence-electron chi connectivity index (χ0n) is 15.9. The van der Waals surface area contributed by atoms with Crippen molar-refractivity contribution in [2.75, 3.05) is 26.1 Å². The van der Waals surface area contributed by atoms with Crippen LogP contribution in [0.4, 0.5) is 0 Å². The van der Waals surface area contributed by atoms with E-state index in [1.807, 2.05) is 12.1 Å². The van der Waals surface area contributed by atoms with Gasteiger partial charge in [-0.1, -0.05) is 17.7 Å². The average molecular weight is 437 g/mol. The molecule has 7 nitrogen and oxygen atoms in total. The summed E-state index contributed by atoms with van der Waals surface area (Å²) < 4.78 is 35.1. The van der Waals surface area contributed by atoms with Crippen LogP contribution in [-0.4, -0.2) is 50.3 Å². The number of nitrogens with zero attached hydrogens (tertiary/aromatic N) is 2. The molecular formula is C20H21ClN2O5S. The molecule has 1 aromatic heterocycles. The van der Waals surface area contributed by atoms with Gasteiger partial charge < -0.3 is 14.4 Å². The Morgan fingerprint density at radius 2 is 2.07 bits per heavy atom. The molecule has 2 aromatic rings. The highest BCUT2D eigenvalue weighted by atomic mass is 35.5. The molecule has 2 aliphatic heterocycles. The van der Waals surface area contributed by atoms with Gasteiger partial charge in [-0.2, -0.15) is 0 Å². The smallest absolute Gasteiger partial charge is 0.231 e. The zero-order chi connectivity index (χ0) is 20.6. The molecule has 4 rings (SSSR count). The Labute approximate surface area is 174 Å². The largest absolute Gasteiger partial charge is 0.454 e. The molecule has 3 heterocycles. The van der Waals surface area contributed by atoms with Crippen LogP contribution in [-0.2, 0) is 21.1 Å². The van der Waals surface area contributed by atoms with Gasteiger partial charge in [0.15, 0.2) is 21.3 Å². The van der Waals surface area contributed by atoms with E-state index in [0.29, 0.717) is 30.3 Å². The molecule has 1 aromatic carbocycles. The fourth-order valence-electron chi connectivity index (χ4n) is 3.80. The molecule has 0 bridgehead atoms. The van der Waals surface area contributed by atoms with Gasteiger partial charge in [0.2, 0.25) is 12.7 Å². The molecule has 0 saturated carbocycles. The molecule has 0 spiro atoms. The van der Waals surface area contributed by atoms with E-state index in [-0.39, 0.29) is 35.0 Å². The van der Waals surface area contributed by atoms with Crippen molar-refractivity contribution in [2.45, 2.75) is 30.1 Å². The predicted octanol–water partition coefficient (Wildman–Crippen LogP) is 2.82. The van der Waals surface area contributed by atoms with E-state index >= 15 is 0 Å². The van der Waals surface area contributed by atoms with E-state index in [1.54, 1.807) is 11.0 Å². The van der Waals surface area contributed by atoms with Crippen molar-refractivity contribution in [3.8, 4) is 11.5 Å². The fourth-order valence-corrected chi connectivity index (χ4v) is 4.96. The van der Waals surface area contributed by atoms with E-state index in [4.69, 9.17) is 21.1 Å². The van der Waals surface area contributed by atoms with Gasteiger partial charge in [0, 0.05) is 31.5 Å². The molecule has 1 fully saturated rings. The van der Waals surface area contributed by atoms with E-state index in [9.17, 15) is 13.2 Å². The number of likely N-dealkylation sites (tertiary alicyclic amines) is 1. The third-order valence-electron chi connectivity index (χ3n) is 5.20. The monoisotopic (exact) mass is 436 g/mol. The van der Waals surface area contributed by atoms with Gasteiger partial charge in [0.1, 0.15) is 0 Å². The van der Waals surface area contributed by atoms with Gasteiger partial charge >= 0.3 is 0 Å². The molecule has 1 atom stereocenters. The second kappa shape index (κ2) is 7.84. The number of benzene rings is 1. The van der Waals surface area contributed by atoms with E-state index in [2.05, 4.69) is 4.98 Å². The Morgan fingerprint density at radius 3 is 2.86 bits per heavy atom. The van der Waals surface area contributed by atoms with Gasteiger partial charge in [0.05, 0.1) is 22.0 Å². The summed E-state index contributed by atoms with van der Waals surface area (Å²) in [5, 5.41) is 0.278. The van der Waals surface area contributed by atoms with Gasteiger partial charge in [-0.15, -0.1) is 0 Å². The van der Waals surface area contributed by atoms with Gasteiger partial charge in [-0.05, 0) is 36.6 Å². The van der Waals surface area contributed by atoms with Gasteiger partial charge in [-0.3, -0.25) is 9.78 Å². The number of piperidine rings is 1. The summed E-state index contributed by atoms with van der Waals surface area (Å²) in [5.74, 6) is 1.17. The van der Waals surface area contributed by atoms with Crippen molar-refractivity contribution in [3.63, 3.8) is 0 Å². The molecule has 1 saturated heterocycles. The molecular weight excluding hydrogens is 416 g/mol. The predicted molar refractivity (Wildman–Crippen MR) is 107 cm³/mol. The highest BCUT2D eigenvalue weighted by Crippen LogP contribution is 2.34. The lowest BCUT2D eigenvalue weighted by Gasteiger charge is -2.33. The Balaban J connectivity index is 1.51. The Hall–Kier alpha value is -2.32. The van der Waals surface area contributed by atoms with Crippen molar-refractivity contribution >= 4 is 27.3 Å². The number of hydrogen-bond donors (Lipinski definition) is 0. The molecule has 0 N–H and O–H groups in total. The molecule has 9 heteroatoms. The van der Waals surface area contributed by atoms with Crippen molar-refractivity contribution in [1.29, 1.82) is 0 Å². The number of aromatic nitrogens is 1. The summed E-state index contributed by atoms with van der Waals surface area (Å²) >= 11 is 5.96. The first-order chi connectivity index (χ1) is 13.8. The number of amides is 1. The number of carbonyl (C=O) groups is 1. The maximum Gasteiger partial charge on any atom is 0.231 e. The Kier molecular flexibility index (Phi) is 5.40. The van der Waals surface area contributed by atoms with E-state index in [0.717, 1.165) is 24.7 Å². The first kappa shape index (κ1) is 20.0. The summed E-state index contributed by atoms with van der Waals surface area (Å²) in [6, 6.07) is 6.92. The minimum atomic E-state index is -3.47. The topological polar surface area (TPSA) is 85.8 Å². The molecule has 1 amide bonds. The molecule has 29 heavy (non-hydrogen) atoms. The number of halogens is 1. The first-order valence-corrected chi connectivity index (χ1v) is 11.6. The van der Waals surface area contributed by atoms with Crippen molar-refractivity contribution in [3.05, 3.63) is 46.7 Å². The number of fused-ring (bicyclic) bond motifs is 1. The minimum Gasteiger partial charge on any atom is -0.454 e. The first-order valence-electron chi connectivity index (χ1n) is 9.33. The van der Waals surface area contributed by atoms with E-state index < -0.39 is 9.84 Å². The van der Waals surface area contributed by atoms with Crippen LogP contribution in [0.25, 0.3) is 0 Å². The molecule has 0 aliphatic carbocycles. The van der Waals surface area contributed by atoms with Crippen LogP contribution in [0.1, 0.15) is 30.0 Å². The number of rotatable bonds is 4. The lowest BCUT2D eigenvalue weighted by Crippen LogP contribution is -2.40. The molecule has 154 valence electrons.